The lowest BCUT2D eigenvalue weighted by atomic mass is 10.1. The fraction of sp³-hybridized carbons (Fsp3) is 0.231. The summed E-state index contributed by atoms with van der Waals surface area (Å²) in [5, 5.41) is 3.38. The highest BCUT2D eigenvalue weighted by Gasteiger charge is 2.14. The third-order valence-corrected chi connectivity index (χ3v) is 5.84. The van der Waals surface area contributed by atoms with Crippen molar-refractivity contribution in [2.24, 2.45) is 4.99 Å². The van der Waals surface area contributed by atoms with E-state index in [1.165, 1.54) is 5.56 Å². The number of carbonyl (C=O) groups excluding carboxylic acids is 1. The van der Waals surface area contributed by atoms with Gasteiger partial charge >= 0.3 is 0 Å². The van der Waals surface area contributed by atoms with Crippen LogP contribution in [0.15, 0.2) is 58.0 Å². The SMILES string of the molecule is CCOc1cc(C=Nc2ccc(C)cc2C)cc(Br)c1OCC(=O)Nc1ccc(C)c(Cl)c1. The van der Waals surface area contributed by atoms with Crippen LogP contribution in [0.4, 0.5) is 11.4 Å². The molecular weight excluding hydrogens is 504 g/mol. The number of aliphatic imine (C=N–C) groups is 1. The molecule has 0 bridgehead atoms. The second kappa shape index (κ2) is 11.3. The van der Waals surface area contributed by atoms with Gasteiger partial charge in [0.25, 0.3) is 5.91 Å². The van der Waals surface area contributed by atoms with E-state index in [4.69, 9.17) is 21.1 Å². The molecule has 0 aliphatic rings. The highest BCUT2D eigenvalue weighted by atomic mass is 79.9. The lowest BCUT2D eigenvalue weighted by Crippen LogP contribution is -2.20. The molecule has 3 aromatic rings. The van der Waals surface area contributed by atoms with Crippen LogP contribution < -0.4 is 14.8 Å². The maximum atomic E-state index is 12.4. The molecule has 0 saturated carbocycles. The summed E-state index contributed by atoms with van der Waals surface area (Å²) in [6.45, 7) is 8.16. The highest BCUT2D eigenvalue weighted by molar-refractivity contribution is 9.10. The fourth-order valence-corrected chi connectivity index (χ4v) is 3.92. The second-order valence-corrected chi connectivity index (χ2v) is 8.87. The summed E-state index contributed by atoms with van der Waals surface area (Å²) in [6.07, 6.45) is 1.78. The van der Waals surface area contributed by atoms with E-state index in [0.29, 0.717) is 33.3 Å². The third-order valence-electron chi connectivity index (χ3n) is 4.84. The zero-order valence-corrected chi connectivity index (χ0v) is 21.4. The van der Waals surface area contributed by atoms with E-state index in [1.54, 1.807) is 18.3 Å². The summed E-state index contributed by atoms with van der Waals surface area (Å²) in [5.74, 6) is 0.683. The summed E-state index contributed by atoms with van der Waals surface area (Å²) in [4.78, 5) is 17.0. The molecule has 0 spiro atoms. The fourth-order valence-electron chi connectivity index (χ4n) is 3.17. The molecule has 0 atom stereocenters. The van der Waals surface area contributed by atoms with Crippen molar-refractivity contribution < 1.29 is 14.3 Å². The monoisotopic (exact) mass is 528 g/mol. The lowest BCUT2D eigenvalue weighted by molar-refractivity contribution is -0.118. The number of aryl methyl sites for hydroxylation is 3. The Morgan fingerprint density at radius 3 is 2.55 bits per heavy atom. The Labute approximate surface area is 207 Å². The third kappa shape index (κ3) is 6.83. The molecule has 0 radical (unpaired) electrons. The van der Waals surface area contributed by atoms with Crippen molar-refractivity contribution >= 4 is 51.0 Å². The molecule has 172 valence electrons. The first kappa shape index (κ1) is 24.8. The topological polar surface area (TPSA) is 59.9 Å². The van der Waals surface area contributed by atoms with Crippen LogP contribution in [0, 0.1) is 20.8 Å². The van der Waals surface area contributed by atoms with E-state index >= 15 is 0 Å². The zero-order chi connectivity index (χ0) is 24.0. The standard InChI is InChI=1S/C26H26BrClN2O3/c1-5-32-24-12-19(14-29-23-9-6-16(2)10-18(23)4)11-21(27)26(24)33-15-25(31)30-20-8-7-17(3)22(28)13-20/h6-14H,5,15H2,1-4H3,(H,30,31). The second-order valence-electron chi connectivity index (χ2n) is 7.61. The highest BCUT2D eigenvalue weighted by Crippen LogP contribution is 2.37. The number of carbonyl (C=O) groups is 1. The molecule has 3 aromatic carbocycles. The van der Waals surface area contributed by atoms with Crippen LogP contribution in [0.2, 0.25) is 5.02 Å². The molecule has 0 aliphatic heterocycles. The molecule has 3 rings (SSSR count). The molecule has 1 N–H and O–H groups in total. The van der Waals surface area contributed by atoms with Gasteiger partial charge in [-0.1, -0.05) is 35.4 Å². The maximum absolute atomic E-state index is 12.4. The summed E-state index contributed by atoms with van der Waals surface area (Å²) in [6, 6.07) is 15.2. The van der Waals surface area contributed by atoms with Crippen molar-refractivity contribution in [2.75, 3.05) is 18.5 Å². The Morgan fingerprint density at radius 2 is 1.85 bits per heavy atom. The molecule has 0 fully saturated rings. The largest absolute Gasteiger partial charge is 0.490 e. The Hall–Kier alpha value is -2.83. The number of benzene rings is 3. The number of halogens is 2. The maximum Gasteiger partial charge on any atom is 0.262 e. The van der Waals surface area contributed by atoms with Gasteiger partial charge in [0, 0.05) is 16.9 Å². The van der Waals surface area contributed by atoms with Crippen LogP contribution in [0.5, 0.6) is 11.5 Å². The van der Waals surface area contributed by atoms with Crippen LogP contribution in [-0.4, -0.2) is 25.3 Å². The van der Waals surface area contributed by atoms with Gasteiger partial charge in [0.2, 0.25) is 0 Å². The number of rotatable bonds is 8. The first-order valence-electron chi connectivity index (χ1n) is 10.5. The zero-order valence-electron chi connectivity index (χ0n) is 19.0. The predicted octanol–water partition coefficient (Wildman–Crippen LogP) is 7.19. The van der Waals surface area contributed by atoms with Crippen molar-refractivity contribution in [3.05, 3.63) is 80.3 Å². The van der Waals surface area contributed by atoms with Crippen molar-refractivity contribution in [1.29, 1.82) is 0 Å². The van der Waals surface area contributed by atoms with Crippen LogP contribution in [0.1, 0.15) is 29.2 Å². The molecule has 0 saturated heterocycles. The molecule has 0 heterocycles. The minimum absolute atomic E-state index is 0.180. The normalized spacial score (nSPS) is 11.0. The average molecular weight is 530 g/mol. The van der Waals surface area contributed by atoms with Gasteiger partial charge < -0.3 is 14.8 Å². The van der Waals surface area contributed by atoms with Gasteiger partial charge in [0.15, 0.2) is 18.1 Å². The van der Waals surface area contributed by atoms with Crippen molar-refractivity contribution in [2.45, 2.75) is 27.7 Å². The van der Waals surface area contributed by atoms with Gasteiger partial charge in [-0.2, -0.15) is 0 Å². The van der Waals surface area contributed by atoms with Gasteiger partial charge in [-0.15, -0.1) is 0 Å². The molecule has 33 heavy (non-hydrogen) atoms. The average Bonchev–Trinajstić information content (AvgIpc) is 2.75. The smallest absolute Gasteiger partial charge is 0.262 e. The number of hydrogen-bond donors (Lipinski definition) is 1. The number of ether oxygens (including phenoxy) is 2. The van der Waals surface area contributed by atoms with Gasteiger partial charge in [-0.3, -0.25) is 9.79 Å². The predicted molar refractivity (Wildman–Crippen MR) is 139 cm³/mol. The molecule has 0 unspecified atom stereocenters. The van der Waals surface area contributed by atoms with E-state index in [-0.39, 0.29) is 12.5 Å². The van der Waals surface area contributed by atoms with Crippen molar-refractivity contribution in [1.82, 2.24) is 0 Å². The number of nitrogens with one attached hydrogen (secondary N) is 1. The lowest BCUT2D eigenvalue weighted by Gasteiger charge is -2.15. The van der Waals surface area contributed by atoms with E-state index in [9.17, 15) is 4.79 Å². The first-order valence-corrected chi connectivity index (χ1v) is 11.7. The minimum atomic E-state index is -0.301. The molecular formula is C26H26BrClN2O3. The van der Waals surface area contributed by atoms with Gasteiger partial charge in [0.05, 0.1) is 16.8 Å². The Bertz CT molecular complexity index is 1190. The summed E-state index contributed by atoms with van der Waals surface area (Å²) < 4.78 is 12.2. The van der Waals surface area contributed by atoms with Gasteiger partial charge in [-0.05, 0) is 90.6 Å². The Kier molecular flexibility index (Phi) is 8.53. The van der Waals surface area contributed by atoms with Crippen LogP contribution >= 0.6 is 27.5 Å². The van der Waals surface area contributed by atoms with E-state index in [1.807, 2.05) is 51.1 Å². The van der Waals surface area contributed by atoms with Gasteiger partial charge in [-0.25, -0.2) is 0 Å². The van der Waals surface area contributed by atoms with Crippen LogP contribution in [-0.2, 0) is 4.79 Å². The van der Waals surface area contributed by atoms with Crippen molar-refractivity contribution in [3.8, 4) is 11.5 Å². The van der Waals surface area contributed by atoms with Crippen molar-refractivity contribution in [3.63, 3.8) is 0 Å². The number of nitrogens with zero attached hydrogens (tertiary/aromatic N) is 1. The van der Waals surface area contributed by atoms with Gasteiger partial charge in [0.1, 0.15) is 0 Å². The Balaban J connectivity index is 1.74. The molecule has 0 aromatic heterocycles. The first-order chi connectivity index (χ1) is 15.8. The van der Waals surface area contributed by atoms with E-state index in [2.05, 4.69) is 39.2 Å². The quantitative estimate of drug-likeness (QED) is 0.314. The molecule has 0 aliphatic carbocycles. The molecule has 1 amide bonds. The number of anilines is 1. The van der Waals surface area contributed by atoms with Crippen LogP contribution in [0.25, 0.3) is 0 Å². The van der Waals surface area contributed by atoms with E-state index < -0.39 is 0 Å². The van der Waals surface area contributed by atoms with E-state index in [0.717, 1.165) is 22.4 Å². The minimum Gasteiger partial charge on any atom is -0.490 e. The summed E-state index contributed by atoms with van der Waals surface area (Å²) >= 11 is 9.66. The molecule has 5 nitrogen and oxygen atoms in total. The Morgan fingerprint density at radius 1 is 1.06 bits per heavy atom. The summed E-state index contributed by atoms with van der Waals surface area (Å²) in [5.41, 5.74) is 5.61. The van der Waals surface area contributed by atoms with Crippen LogP contribution in [0.3, 0.4) is 0 Å². The number of amides is 1. The molecule has 7 heteroatoms. The number of hydrogen-bond acceptors (Lipinski definition) is 4. The summed E-state index contributed by atoms with van der Waals surface area (Å²) in [7, 11) is 0.